The Morgan fingerprint density at radius 3 is 2.41 bits per heavy atom. The molecule has 2 aliphatic heterocycles. The quantitative estimate of drug-likeness (QED) is 0.743. The Bertz CT molecular complexity index is 800. The minimum atomic E-state index is -0.655. The maximum atomic E-state index is 12.7. The first-order valence-electron chi connectivity index (χ1n) is 10.1. The van der Waals surface area contributed by atoms with E-state index in [0.717, 1.165) is 16.7 Å². The molecule has 2 heterocycles. The lowest BCUT2D eigenvalue weighted by Crippen LogP contribution is -2.45. The Kier molecular flexibility index (Phi) is 5.47. The standard InChI is InChI=1S/C21H31BN2O5/c1-19(2,3)27-18(26)24-15-11-9-13-8-10-14(12-16(13)23-17(15)25)22-28-20(4,5)21(6,7)29-22/h8,10,12,15H,9,11H2,1-7H3,(H,23,25)(H,24,26)/t15-/m0/s1. The fourth-order valence-electron chi connectivity index (χ4n) is 3.29. The van der Waals surface area contributed by atoms with E-state index in [2.05, 4.69) is 10.6 Å². The first kappa shape index (κ1) is 21.6. The second kappa shape index (κ2) is 7.33. The lowest BCUT2D eigenvalue weighted by molar-refractivity contribution is -0.118. The van der Waals surface area contributed by atoms with Crippen molar-refractivity contribution >= 4 is 30.3 Å². The number of fused-ring (bicyclic) bond motifs is 1. The number of aryl methyl sites for hydroxylation is 1. The summed E-state index contributed by atoms with van der Waals surface area (Å²) in [5, 5.41) is 5.59. The van der Waals surface area contributed by atoms with E-state index < -0.39 is 36.1 Å². The number of anilines is 1. The van der Waals surface area contributed by atoms with Crippen LogP contribution in [0.2, 0.25) is 0 Å². The van der Waals surface area contributed by atoms with E-state index in [9.17, 15) is 9.59 Å². The van der Waals surface area contributed by atoms with Gasteiger partial charge in [-0.1, -0.05) is 12.1 Å². The normalized spacial score (nSPS) is 23.1. The van der Waals surface area contributed by atoms with Crippen LogP contribution in [0.25, 0.3) is 0 Å². The van der Waals surface area contributed by atoms with Crippen LogP contribution < -0.4 is 16.1 Å². The fourth-order valence-corrected chi connectivity index (χ4v) is 3.29. The highest BCUT2D eigenvalue weighted by Gasteiger charge is 2.51. The smallest absolute Gasteiger partial charge is 0.444 e. The van der Waals surface area contributed by atoms with E-state index in [4.69, 9.17) is 14.0 Å². The Morgan fingerprint density at radius 1 is 1.21 bits per heavy atom. The Hall–Kier alpha value is -2.06. The summed E-state index contributed by atoms with van der Waals surface area (Å²) in [5.41, 5.74) is 1.09. The molecule has 8 heteroatoms. The average Bonchev–Trinajstić information content (AvgIpc) is 2.68. The van der Waals surface area contributed by atoms with Gasteiger partial charge < -0.3 is 24.7 Å². The number of hydrogen-bond acceptors (Lipinski definition) is 5. The molecule has 0 bridgehead atoms. The predicted octanol–water partition coefficient (Wildman–Crippen LogP) is 2.76. The van der Waals surface area contributed by atoms with Crippen LogP contribution in [0.4, 0.5) is 10.5 Å². The summed E-state index contributed by atoms with van der Waals surface area (Å²) in [6, 6.07) is 5.18. The van der Waals surface area contributed by atoms with Crippen molar-refractivity contribution in [1.82, 2.24) is 5.32 Å². The number of benzene rings is 1. The van der Waals surface area contributed by atoms with Gasteiger partial charge in [0, 0.05) is 5.69 Å². The van der Waals surface area contributed by atoms with E-state index in [0.29, 0.717) is 12.8 Å². The molecule has 7 nitrogen and oxygen atoms in total. The van der Waals surface area contributed by atoms with Gasteiger partial charge in [0.25, 0.3) is 0 Å². The molecule has 158 valence electrons. The van der Waals surface area contributed by atoms with Crippen molar-refractivity contribution in [3.63, 3.8) is 0 Å². The molecule has 1 aromatic carbocycles. The van der Waals surface area contributed by atoms with Crippen molar-refractivity contribution in [2.45, 2.75) is 84.2 Å². The van der Waals surface area contributed by atoms with Crippen LogP contribution in [0.1, 0.15) is 60.5 Å². The maximum Gasteiger partial charge on any atom is 0.494 e. The fraction of sp³-hybridized carbons (Fsp3) is 0.619. The van der Waals surface area contributed by atoms with Crippen LogP contribution in [0.15, 0.2) is 18.2 Å². The van der Waals surface area contributed by atoms with Crippen molar-refractivity contribution in [1.29, 1.82) is 0 Å². The molecule has 1 atom stereocenters. The Labute approximate surface area is 173 Å². The Morgan fingerprint density at radius 2 is 1.83 bits per heavy atom. The van der Waals surface area contributed by atoms with E-state index in [-0.39, 0.29) is 5.91 Å². The third kappa shape index (κ3) is 4.75. The summed E-state index contributed by atoms with van der Waals surface area (Å²) < 4.78 is 17.5. The number of hydrogen-bond donors (Lipinski definition) is 2. The number of nitrogens with one attached hydrogen (secondary N) is 2. The first-order valence-corrected chi connectivity index (χ1v) is 10.1. The van der Waals surface area contributed by atoms with Gasteiger partial charge >= 0.3 is 13.2 Å². The maximum absolute atomic E-state index is 12.7. The molecule has 2 aliphatic rings. The first-order chi connectivity index (χ1) is 13.3. The molecular weight excluding hydrogens is 371 g/mol. The van der Waals surface area contributed by atoms with Crippen LogP contribution in [-0.4, -0.2) is 42.0 Å². The van der Waals surface area contributed by atoms with E-state index in [1.54, 1.807) is 20.8 Å². The largest absolute Gasteiger partial charge is 0.494 e. The van der Waals surface area contributed by atoms with Gasteiger partial charge in [-0.15, -0.1) is 0 Å². The molecule has 2 amide bonds. The highest BCUT2D eigenvalue weighted by Crippen LogP contribution is 2.36. The van der Waals surface area contributed by atoms with Crippen LogP contribution in [0, 0.1) is 0 Å². The van der Waals surface area contributed by atoms with Crippen LogP contribution >= 0.6 is 0 Å². The van der Waals surface area contributed by atoms with Crippen molar-refractivity contribution in [3.8, 4) is 0 Å². The molecule has 3 rings (SSSR count). The number of amides is 2. The summed E-state index contributed by atoms with van der Waals surface area (Å²) in [5.74, 6) is -0.263. The van der Waals surface area contributed by atoms with E-state index in [1.807, 2.05) is 45.9 Å². The number of carbonyl (C=O) groups is 2. The molecule has 0 spiro atoms. The molecule has 2 N–H and O–H groups in total. The van der Waals surface area contributed by atoms with Gasteiger partial charge in [-0.3, -0.25) is 4.79 Å². The summed E-state index contributed by atoms with van der Waals surface area (Å²) in [7, 11) is -0.499. The molecule has 0 aliphatic carbocycles. The van der Waals surface area contributed by atoms with Crippen molar-refractivity contribution in [2.75, 3.05) is 5.32 Å². The third-order valence-electron chi connectivity index (χ3n) is 5.63. The second-order valence-electron chi connectivity index (χ2n) is 9.73. The van der Waals surface area contributed by atoms with E-state index in [1.165, 1.54) is 0 Å². The monoisotopic (exact) mass is 402 g/mol. The average molecular weight is 402 g/mol. The number of rotatable bonds is 2. The molecule has 0 aromatic heterocycles. The molecule has 0 radical (unpaired) electrons. The molecule has 1 aromatic rings. The summed E-state index contributed by atoms with van der Waals surface area (Å²) in [4.78, 5) is 24.7. The predicted molar refractivity (Wildman–Crippen MR) is 112 cm³/mol. The zero-order chi connectivity index (χ0) is 21.6. The minimum Gasteiger partial charge on any atom is -0.444 e. The lowest BCUT2D eigenvalue weighted by Gasteiger charge is -2.32. The SMILES string of the molecule is CC(C)(C)OC(=O)N[C@H]1CCc2ccc(B3OC(C)(C)C(C)(C)O3)cc2NC1=O. The summed E-state index contributed by atoms with van der Waals surface area (Å²) >= 11 is 0. The summed E-state index contributed by atoms with van der Waals surface area (Å²) in [6.07, 6.45) is 0.549. The van der Waals surface area contributed by atoms with E-state index >= 15 is 0 Å². The molecular formula is C21H31BN2O5. The number of ether oxygens (including phenoxy) is 1. The second-order valence-corrected chi connectivity index (χ2v) is 9.73. The van der Waals surface area contributed by atoms with Gasteiger partial charge in [0.15, 0.2) is 0 Å². The van der Waals surface area contributed by atoms with Gasteiger partial charge in [-0.25, -0.2) is 4.79 Å². The number of carbonyl (C=O) groups excluding carboxylic acids is 2. The van der Waals surface area contributed by atoms with Gasteiger partial charge in [0.05, 0.1) is 11.2 Å². The molecule has 1 fully saturated rings. The van der Waals surface area contributed by atoms with Crippen LogP contribution in [0.5, 0.6) is 0 Å². The van der Waals surface area contributed by atoms with Crippen molar-refractivity contribution < 1.29 is 23.6 Å². The lowest BCUT2D eigenvalue weighted by atomic mass is 9.78. The van der Waals surface area contributed by atoms with Gasteiger partial charge in [-0.2, -0.15) is 0 Å². The van der Waals surface area contributed by atoms with Gasteiger partial charge in [0.1, 0.15) is 11.6 Å². The molecule has 1 saturated heterocycles. The van der Waals surface area contributed by atoms with Crippen molar-refractivity contribution in [2.24, 2.45) is 0 Å². The van der Waals surface area contributed by atoms with Gasteiger partial charge in [-0.05, 0) is 78.4 Å². The Balaban J connectivity index is 1.73. The third-order valence-corrected chi connectivity index (χ3v) is 5.63. The van der Waals surface area contributed by atoms with Crippen molar-refractivity contribution in [3.05, 3.63) is 23.8 Å². The molecule has 29 heavy (non-hydrogen) atoms. The zero-order valence-electron chi connectivity index (χ0n) is 18.3. The topological polar surface area (TPSA) is 85.9 Å². The summed E-state index contributed by atoms with van der Waals surface area (Å²) in [6.45, 7) is 13.4. The van der Waals surface area contributed by atoms with Crippen LogP contribution in [0.3, 0.4) is 0 Å². The van der Waals surface area contributed by atoms with Gasteiger partial charge in [0.2, 0.25) is 5.91 Å². The molecule has 0 saturated carbocycles. The number of alkyl carbamates (subject to hydrolysis) is 1. The molecule has 0 unspecified atom stereocenters. The van der Waals surface area contributed by atoms with Crippen LogP contribution in [-0.2, 0) is 25.3 Å². The minimum absolute atomic E-state index is 0.263. The highest BCUT2D eigenvalue weighted by molar-refractivity contribution is 6.62. The highest BCUT2D eigenvalue weighted by atomic mass is 16.7. The zero-order valence-corrected chi connectivity index (χ0v) is 18.3.